The quantitative estimate of drug-likeness (QED) is 0.752. The van der Waals surface area contributed by atoms with Gasteiger partial charge in [0.15, 0.2) is 5.65 Å². The lowest BCUT2D eigenvalue weighted by molar-refractivity contribution is 0.0952. The fourth-order valence-electron chi connectivity index (χ4n) is 2.34. The van der Waals surface area contributed by atoms with Gasteiger partial charge in [0.2, 0.25) is 0 Å². The van der Waals surface area contributed by atoms with Crippen molar-refractivity contribution >= 4 is 23.3 Å². The van der Waals surface area contributed by atoms with Gasteiger partial charge in [-0.25, -0.2) is 14.3 Å². The number of aromatic nitrogens is 3. The first-order chi connectivity index (χ1) is 12.4. The van der Waals surface area contributed by atoms with E-state index in [4.69, 9.17) is 0 Å². The highest BCUT2D eigenvalue weighted by molar-refractivity contribution is 5.99. The second-order valence-corrected chi connectivity index (χ2v) is 6.10. The zero-order valence-corrected chi connectivity index (χ0v) is 14.9. The summed E-state index contributed by atoms with van der Waals surface area (Å²) in [6.45, 7) is 2.23. The highest BCUT2D eigenvalue weighted by Gasteiger charge is 2.13. The SMILES string of the molecule is Cc1ccn2ncc(C(=O)NCc3ccc(NC(=O)N(C)C)cc3)c2n1. The Morgan fingerprint density at radius 1 is 1.15 bits per heavy atom. The van der Waals surface area contributed by atoms with E-state index in [9.17, 15) is 9.59 Å². The number of urea groups is 1. The summed E-state index contributed by atoms with van der Waals surface area (Å²) >= 11 is 0. The molecule has 3 rings (SSSR count). The van der Waals surface area contributed by atoms with Crippen molar-refractivity contribution in [2.24, 2.45) is 0 Å². The Kier molecular flexibility index (Phi) is 4.83. The van der Waals surface area contributed by atoms with Crippen LogP contribution in [0.1, 0.15) is 21.6 Å². The van der Waals surface area contributed by atoms with Crippen LogP contribution in [0.25, 0.3) is 5.65 Å². The third-order valence-electron chi connectivity index (χ3n) is 3.82. The Morgan fingerprint density at radius 2 is 1.88 bits per heavy atom. The normalized spacial score (nSPS) is 10.6. The van der Waals surface area contributed by atoms with Crippen molar-refractivity contribution < 1.29 is 9.59 Å². The highest BCUT2D eigenvalue weighted by atomic mass is 16.2. The summed E-state index contributed by atoms with van der Waals surface area (Å²) < 4.78 is 1.57. The molecule has 0 saturated carbocycles. The van der Waals surface area contributed by atoms with Gasteiger partial charge >= 0.3 is 6.03 Å². The molecule has 1 aromatic carbocycles. The predicted octanol–water partition coefficient (Wildman–Crippen LogP) is 2.06. The fourth-order valence-corrected chi connectivity index (χ4v) is 2.34. The minimum Gasteiger partial charge on any atom is -0.348 e. The predicted molar refractivity (Wildman–Crippen MR) is 98.0 cm³/mol. The van der Waals surface area contributed by atoms with Gasteiger partial charge in [-0.15, -0.1) is 0 Å². The van der Waals surface area contributed by atoms with Gasteiger partial charge in [0.25, 0.3) is 5.91 Å². The number of nitrogens with one attached hydrogen (secondary N) is 2. The van der Waals surface area contributed by atoms with Gasteiger partial charge < -0.3 is 15.5 Å². The van der Waals surface area contributed by atoms with E-state index in [1.807, 2.05) is 25.1 Å². The van der Waals surface area contributed by atoms with Crippen LogP contribution in [0, 0.1) is 6.92 Å². The third-order valence-corrected chi connectivity index (χ3v) is 3.82. The largest absolute Gasteiger partial charge is 0.348 e. The van der Waals surface area contributed by atoms with Crippen LogP contribution in [-0.4, -0.2) is 45.5 Å². The number of hydrogen-bond donors (Lipinski definition) is 2. The minimum absolute atomic E-state index is 0.193. The molecule has 2 aromatic heterocycles. The van der Waals surface area contributed by atoms with Crippen molar-refractivity contribution in [3.8, 4) is 0 Å². The molecule has 0 aliphatic carbocycles. The molecule has 0 fully saturated rings. The Labute approximate surface area is 150 Å². The van der Waals surface area contributed by atoms with Crippen molar-refractivity contribution in [1.29, 1.82) is 0 Å². The Balaban J connectivity index is 1.64. The number of benzene rings is 1. The van der Waals surface area contributed by atoms with Crippen LogP contribution in [-0.2, 0) is 6.54 Å². The molecule has 134 valence electrons. The Hall–Kier alpha value is -3.42. The number of aryl methyl sites for hydroxylation is 1. The van der Waals surface area contributed by atoms with E-state index in [1.54, 1.807) is 36.9 Å². The monoisotopic (exact) mass is 352 g/mol. The fraction of sp³-hybridized carbons (Fsp3) is 0.222. The first kappa shape index (κ1) is 17.4. The summed E-state index contributed by atoms with van der Waals surface area (Å²) in [6, 6.07) is 8.93. The van der Waals surface area contributed by atoms with Gasteiger partial charge in [-0.2, -0.15) is 5.10 Å². The number of fused-ring (bicyclic) bond motifs is 1. The van der Waals surface area contributed by atoms with E-state index in [0.717, 1.165) is 11.3 Å². The van der Waals surface area contributed by atoms with Crippen molar-refractivity contribution in [3.63, 3.8) is 0 Å². The van der Waals surface area contributed by atoms with Crippen LogP contribution in [0.4, 0.5) is 10.5 Å². The van der Waals surface area contributed by atoms with Gasteiger partial charge in [-0.1, -0.05) is 12.1 Å². The van der Waals surface area contributed by atoms with E-state index < -0.39 is 0 Å². The number of nitrogens with zero attached hydrogens (tertiary/aromatic N) is 4. The summed E-state index contributed by atoms with van der Waals surface area (Å²) in [7, 11) is 3.35. The molecule has 0 bridgehead atoms. The molecule has 0 unspecified atom stereocenters. The smallest absolute Gasteiger partial charge is 0.321 e. The number of carbonyl (C=O) groups excluding carboxylic acids is 2. The van der Waals surface area contributed by atoms with Crippen molar-refractivity contribution in [3.05, 3.63) is 59.5 Å². The van der Waals surface area contributed by atoms with E-state index in [2.05, 4.69) is 20.7 Å². The average Bonchev–Trinajstić information content (AvgIpc) is 3.03. The molecule has 2 N–H and O–H groups in total. The zero-order chi connectivity index (χ0) is 18.7. The van der Waals surface area contributed by atoms with Crippen molar-refractivity contribution in [2.45, 2.75) is 13.5 Å². The van der Waals surface area contributed by atoms with E-state index >= 15 is 0 Å². The Bertz CT molecular complexity index is 946. The molecule has 0 saturated heterocycles. The van der Waals surface area contributed by atoms with Crippen LogP contribution in [0.15, 0.2) is 42.7 Å². The van der Waals surface area contributed by atoms with Gasteiger partial charge in [0.05, 0.1) is 6.20 Å². The third kappa shape index (κ3) is 3.80. The molecule has 3 aromatic rings. The molecule has 0 spiro atoms. The number of amides is 3. The summed E-state index contributed by atoms with van der Waals surface area (Å²) in [4.78, 5) is 29.9. The lowest BCUT2D eigenvalue weighted by atomic mass is 10.2. The maximum atomic E-state index is 12.4. The molecule has 8 heteroatoms. The molecule has 0 aliphatic rings. The molecule has 2 heterocycles. The van der Waals surface area contributed by atoms with Crippen LogP contribution in [0.3, 0.4) is 0 Å². The van der Waals surface area contributed by atoms with Gasteiger partial charge in [0.1, 0.15) is 5.56 Å². The maximum Gasteiger partial charge on any atom is 0.321 e. The highest BCUT2D eigenvalue weighted by Crippen LogP contribution is 2.12. The maximum absolute atomic E-state index is 12.4. The number of hydrogen-bond acceptors (Lipinski definition) is 4. The summed E-state index contributed by atoms with van der Waals surface area (Å²) in [5, 5.41) is 9.76. The van der Waals surface area contributed by atoms with Crippen LogP contribution in [0.2, 0.25) is 0 Å². The number of rotatable bonds is 4. The second kappa shape index (κ2) is 7.22. The zero-order valence-electron chi connectivity index (χ0n) is 14.9. The molecular formula is C18H20N6O2. The number of carbonyl (C=O) groups is 2. The first-order valence-electron chi connectivity index (χ1n) is 8.10. The van der Waals surface area contributed by atoms with Crippen molar-refractivity contribution in [2.75, 3.05) is 19.4 Å². The molecule has 8 nitrogen and oxygen atoms in total. The first-order valence-corrected chi connectivity index (χ1v) is 8.10. The molecule has 0 aliphatic heterocycles. The van der Waals surface area contributed by atoms with Crippen LogP contribution < -0.4 is 10.6 Å². The van der Waals surface area contributed by atoms with Crippen LogP contribution in [0.5, 0.6) is 0 Å². The van der Waals surface area contributed by atoms with Crippen molar-refractivity contribution in [1.82, 2.24) is 24.8 Å². The molecule has 0 radical (unpaired) electrons. The van der Waals surface area contributed by atoms with E-state index in [1.165, 1.54) is 11.1 Å². The average molecular weight is 352 g/mol. The molecule has 3 amide bonds. The van der Waals surface area contributed by atoms with Gasteiger partial charge in [0, 0.05) is 38.2 Å². The second-order valence-electron chi connectivity index (χ2n) is 6.10. The molecule has 0 atom stereocenters. The van der Waals surface area contributed by atoms with Gasteiger partial charge in [-0.3, -0.25) is 4.79 Å². The number of anilines is 1. The lowest BCUT2D eigenvalue weighted by Gasteiger charge is -2.12. The van der Waals surface area contributed by atoms with E-state index in [0.29, 0.717) is 23.4 Å². The van der Waals surface area contributed by atoms with E-state index in [-0.39, 0.29) is 11.9 Å². The molecule has 26 heavy (non-hydrogen) atoms. The van der Waals surface area contributed by atoms with Gasteiger partial charge in [-0.05, 0) is 30.7 Å². The summed E-state index contributed by atoms with van der Waals surface area (Å²) in [6.07, 6.45) is 3.28. The summed E-state index contributed by atoms with van der Waals surface area (Å²) in [5.41, 5.74) is 3.40. The lowest BCUT2D eigenvalue weighted by Crippen LogP contribution is -2.27. The summed E-state index contributed by atoms with van der Waals surface area (Å²) in [5.74, 6) is -0.233. The molecular weight excluding hydrogens is 332 g/mol. The standard InChI is InChI=1S/C18H20N6O2/c1-12-8-9-24-16(21-12)15(11-20-24)17(25)19-10-13-4-6-14(7-5-13)22-18(26)23(2)3/h4-9,11H,10H2,1-3H3,(H,19,25)(H,22,26). The Morgan fingerprint density at radius 3 is 2.58 bits per heavy atom. The van der Waals surface area contributed by atoms with Crippen LogP contribution >= 0.6 is 0 Å². The topological polar surface area (TPSA) is 91.6 Å². The minimum atomic E-state index is -0.233.